The molecule has 1 unspecified atom stereocenters. The predicted octanol–water partition coefficient (Wildman–Crippen LogP) is 3.18. The van der Waals surface area contributed by atoms with Gasteiger partial charge in [0.25, 0.3) is 0 Å². The molecule has 1 heterocycles. The van der Waals surface area contributed by atoms with Crippen molar-refractivity contribution in [2.24, 2.45) is 0 Å². The summed E-state index contributed by atoms with van der Waals surface area (Å²) in [7, 11) is 3.04. The molecule has 0 saturated carbocycles. The summed E-state index contributed by atoms with van der Waals surface area (Å²) in [6, 6.07) is 8.57. The number of aromatic hydroxyl groups is 2. The first-order valence-corrected chi connectivity index (χ1v) is 7.05. The van der Waals surface area contributed by atoms with E-state index < -0.39 is 0 Å². The van der Waals surface area contributed by atoms with Gasteiger partial charge in [-0.15, -0.1) is 0 Å². The summed E-state index contributed by atoms with van der Waals surface area (Å²) in [5.41, 5.74) is 1.94. The zero-order valence-corrected chi connectivity index (χ0v) is 12.5. The average Bonchev–Trinajstić information content (AvgIpc) is 2.54. The van der Waals surface area contributed by atoms with Crippen molar-refractivity contribution < 1.29 is 24.4 Å². The molecule has 2 N–H and O–H groups in total. The fraction of sp³-hybridized carbons (Fsp3) is 0.294. The monoisotopic (exact) mass is 302 g/mol. The molecule has 0 aromatic heterocycles. The van der Waals surface area contributed by atoms with Crippen LogP contribution in [0.5, 0.6) is 28.7 Å². The molecule has 5 nitrogen and oxygen atoms in total. The van der Waals surface area contributed by atoms with Crippen LogP contribution >= 0.6 is 0 Å². The molecule has 0 aliphatic carbocycles. The zero-order chi connectivity index (χ0) is 15.7. The molecule has 0 spiro atoms. The van der Waals surface area contributed by atoms with E-state index in [1.54, 1.807) is 24.3 Å². The number of phenols is 2. The molecular weight excluding hydrogens is 284 g/mol. The van der Waals surface area contributed by atoms with Crippen LogP contribution in [0.25, 0.3) is 0 Å². The molecule has 0 amide bonds. The Bertz CT molecular complexity index is 696. The van der Waals surface area contributed by atoms with Gasteiger partial charge in [-0.2, -0.15) is 0 Å². The third-order valence-electron chi connectivity index (χ3n) is 3.88. The predicted molar refractivity (Wildman–Crippen MR) is 81.0 cm³/mol. The molecule has 0 saturated heterocycles. The number of hydrogen-bond donors (Lipinski definition) is 2. The van der Waals surface area contributed by atoms with E-state index in [2.05, 4.69) is 0 Å². The second-order valence-corrected chi connectivity index (χ2v) is 5.21. The average molecular weight is 302 g/mol. The molecule has 0 radical (unpaired) electrons. The van der Waals surface area contributed by atoms with Gasteiger partial charge in [0.15, 0.2) is 23.0 Å². The van der Waals surface area contributed by atoms with Gasteiger partial charge < -0.3 is 24.4 Å². The highest BCUT2D eigenvalue weighted by Crippen LogP contribution is 2.42. The van der Waals surface area contributed by atoms with Gasteiger partial charge in [0.2, 0.25) is 0 Å². The minimum Gasteiger partial charge on any atom is -0.504 e. The lowest BCUT2D eigenvalue weighted by molar-refractivity contribution is 0.175. The largest absolute Gasteiger partial charge is 0.504 e. The molecule has 22 heavy (non-hydrogen) atoms. The lowest BCUT2D eigenvalue weighted by atomic mass is 9.97. The smallest absolute Gasteiger partial charge is 0.161 e. The van der Waals surface area contributed by atoms with E-state index in [9.17, 15) is 10.2 Å². The zero-order valence-electron chi connectivity index (χ0n) is 12.5. The highest BCUT2D eigenvalue weighted by Gasteiger charge is 2.24. The second-order valence-electron chi connectivity index (χ2n) is 5.21. The molecule has 1 aliphatic heterocycles. The molecule has 0 bridgehead atoms. The normalized spacial score (nSPS) is 16.5. The maximum absolute atomic E-state index is 9.88. The van der Waals surface area contributed by atoms with Crippen molar-refractivity contribution in [1.82, 2.24) is 0 Å². The lowest BCUT2D eigenvalue weighted by Gasteiger charge is -2.27. The van der Waals surface area contributed by atoms with Gasteiger partial charge in [0, 0.05) is 6.07 Å². The molecule has 2 aromatic rings. The Morgan fingerprint density at radius 3 is 2.45 bits per heavy atom. The minimum absolute atomic E-state index is 0.0604. The number of methoxy groups -OCH3 is 2. The third kappa shape index (κ3) is 2.50. The van der Waals surface area contributed by atoms with Crippen LogP contribution in [0.15, 0.2) is 30.3 Å². The SMILES string of the molecule is COc1cc(C2CCc3cc(OC)c(O)cc3O2)ccc1O. The van der Waals surface area contributed by atoms with Crippen LogP contribution in [0.1, 0.15) is 23.7 Å². The van der Waals surface area contributed by atoms with E-state index >= 15 is 0 Å². The Balaban J connectivity index is 1.89. The lowest BCUT2D eigenvalue weighted by Crippen LogP contribution is -2.15. The summed E-state index contributed by atoms with van der Waals surface area (Å²) in [4.78, 5) is 0. The first kappa shape index (κ1) is 14.4. The van der Waals surface area contributed by atoms with Crippen LogP contribution in [0.3, 0.4) is 0 Å². The summed E-state index contributed by atoms with van der Waals surface area (Å²) in [5.74, 6) is 1.69. The van der Waals surface area contributed by atoms with Crippen LogP contribution in [-0.2, 0) is 6.42 Å². The van der Waals surface area contributed by atoms with E-state index in [1.807, 2.05) is 6.07 Å². The van der Waals surface area contributed by atoms with Crippen LogP contribution in [0.2, 0.25) is 0 Å². The van der Waals surface area contributed by atoms with E-state index in [-0.39, 0.29) is 17.6 Å². The van der Waals surface area contributed by atoms with Gasteiger partial charge >= 0.3 is 0 Å². The van der Waals surface area contributed by atoms with E-state index in [4.69, 9.17) is 14.2 Å². The van der Waals surface area contributed by atoms with Crippen LogP contribution < -0.4 is 14.2 Å². The van der Waals surface area contributed by atoms with E-state index in [0.717, 1.165) is 24.0 Å². The Kier molecular flexibility index (Phi) is 3.71. The van der Waals surface area contributed by atoms with Crippen LogP contribution in [0.4, 0.5) is 0 Å². The number of phenolic OH excluding ortho intramolecular Hbond substituents is 2. The Hall–Kier alpha value is -2.56. The standard InChI is InChI=1S/C17H18O5/c1-20-16-7-10(3-5-12(16)18)14-6-4-11-8-17(21-2)13(19)9-15(11)22-14/h3,5,7-9,14,18-19H,4,6H2,1-2H3. The summed E-state index contributed by atoms with van der Waals surface area (Å²) in [6.45, 7) is 0. The quantitative estimate of drug-likeness (QED) is 0.911. The van der Waals surface area contributed by atoms with Gasteiger partial charge in [-0.05, 0) is 42.2 Å². The Morgan fingerprint density at radius 1 is 1.00 bits per heavy atom. The Labute approximate surface area is 128 Å². The van der Waals surface area contributed by atoms with Gasteiger partial charge in [-0.3, -0.25) is 0 Å². The van der Waals surface area contributed by atoms with Crippen molar-refractivity contribution in [2.45, 2.75) is 18.9 Å². The number of fused-ring (bicyclic) bond motifs is 1. The van der Waals surface area contributed by atoms with Crippen LogP contribution in [0, 0.1) is 0 Å². The van der Waals surface area contributed by atoms with Gasteiger partial charge in [0.05, 0.1) is 14.2 Å². The van der Waals surface area contributed by atoms with Crippen molar-refractivity contribution in [1.29, 1.82) is 0 Å². The maximum Gasteiger partial charge on any atom is 0.161 e. The van der Waals surface area contributed by atoms with Crippen molar-refractivity contribution in [3.63, 3.8) is 0 Å². The maximum atomic E-state index is 9.88. The highest BCUT2D eigenvalue weighted by atomic mass is 16.5. The summed E-state index contributed by atoms with van der Waals surface area (Å²) in [6.07, 6.45) is 1.48. The van der Waals surface area contributed by atoms with E-state index in [0.29, 0.717) is 17.2 Å². The van der Waals surface area contributed by atoms with Crippen molar-refractivity contribution in [3.05, 3.63) is 41.5 Å². The number of rotatable bonds is 3. The van der Waals surface area contributed by atoms with Gasteiger partial charge in [0.1, 0.15) is 11.9 Å². The summed E-state index contributed by atoms with van der Waals surface area (Å²) in [5, 5.41) is 19.6. The van der Waals surface area contributed by atoms with Crippen LogP contribution in [-0.4, -0.2) is 24.4 Å². The van der Waals surface area contributed by atoms with Gasteiger partial charge in [-0.1, -0.05) is 6.07 Å². The van der Waals surface area contributed by atoms with E-state index in [1.165, 1.54) is 14.2 Å². The molecular formula is C17H18O5. The number of benzene rings is 2. The molecule has 116 valence electrons. The molecule has 2 aromatic carbocycles. The Morgan fingerprint density at radius 2 is 1.73 bits per heavy atom. The number of ether oxygens (including phenoxy) is 3. The first-order valence-electron chi connectivity index (χ1n) is 7.05. The summed E-state index contributed by atoms with van der Waals surface area (Å²) >= 11 is 0. The topological polar surface area (TPSA) is 68.2 Å². The van der Waals surface area contributed by atoms with Crippen molar-refractivity contribution in [3.8, 4) is 28.7 Å². The molecule has 3 rings (SSSR count). The molecule has 5 heteroatoms. The minimum atomic E-state index is -0.144. The van der Waals surface area contributed by atoms with Gasteiger partial charge in [-0.25, -0.2) is 0 Å². The van der Waals surface area contributed by atoms with Crippen molar-refractivity contribution in [2.75, 3.05) is 14.2 Å². The number of hydrogen-bond acceptors (Lipinski definition) is 5. The second kappa shape index (κ2) is 5.67. The molecule has 1 aliphatic rings. The highest BCUT2D eigenvalue weighted by molar-refractivity contribution is 5.51. The fourth-order valence-electron chi connectivity index (χ4n) is 2.69. The molecule has 1 atom stereocenters. The summed E-state index contributed by atoms with van der Waals surface area (Å²) < 4.78 is 16.2. The fourth-order valence-corrected chi connectivity index (χ4v) is 2.69. The molecule has 0 fully saturated rings. The number of aryl methyl sites for hydroxylation is 1. The first-order chi connectivity index (χ1) is 10.6. The van der Waals surface area contributed by atoms with Crippen molar-refractivity contribution >= 4 is 0 Å². The third-order valence-corrected chi connectivity index (χ3v) is 3.88.